The smallest absolute Gasteiger partial charge is 0.337 e. The van der Waals surface area contributed by atoms with Gasteiger partial charge in [-0.15, -0.1) is 0 Å². The molecule has 1 aliphatic carbocycles. The van der Waals surface area contributed by atoms with Gasteiger partial charge in [-0.3, -0.25) is 9.59 Å². The van der Waals surface area contributed by atoms with Crippen LogP contribution in [0.5, 0.6) is 0 Å². The van der Waals surface area contributed by atoms with E-state index < -0.39 is 5.97 Å². The molecule has 1 saturated carbocycles. The number of hydrogen-bond acceptors (Lipinski definition) is 4. The van der Waals surface area contributed by atoms with Gasteiger partial charge in [0.25, 0.3) is 0 Å². The fraction of sp³-hybridized carbons (Fsp3) is 0.357. The van der Waals surface area contributed by atoms with Gasteiger partial charge in [0.2, 0.25) is 11.8 Å². The number of nitrogens with zero attached hydrogens (tertiary/aromatic N) is 1. The lowest BCUT2D eigenvalue weighted by Crippen LogP contribution is -2.37. The summed E-state index contributed by atoms with van der Waals surface area (Å²) in [7, 11) is 0. The Kier molecular flexibility index (Phi) is 2.27. The number of anilines is 2. The normalized spacial score (nSPS) is 26.6. The van der Waals surface area contributed by atoms with E-state index in [0.29, 0.717) is 0 Å². The number of imide groups is 1. The van der Waals surface area contributed by atoms with Crippen molar-refractivity contribution < 1.29 is 19.5 Å². The van der Waals surface area contributed by atoms with E-state index in [4.69, 9.17) is 5.73 Å². The van der Waals surface area contributed by atoms with Crippen molar-refractivity contribution >= 4 is 29.2 Å². The van der Waals surface area contributed by atoms with E-state index in [0.717, 1.165) is 4.90 Å². The summed E-state index contributed by atoms with van der Waals surface area (Å²) in [6.07, 6.45) is 0. The Labute approximate surface area is 115 Å². The lowest BCUT2D eigenvalue weighted by molar-refractivity contribution is -0.125. The van der Waals surface area contributed by atoms with Gasteiger partial charge in [0.15, 0.2) is 0 Å². The summed E-state index contributed by atoms with van der Waals surface area (Å²) in [4.78, 5) is 36.9. The van der Waals surface area contributed by atoms with Gasteiger partial charge in [0.1, 0.15) is 0 Å². The third kappa shape index (κ3) is 1.41. The summed E-state index contributed by atoms with van der Waals surface area (Å²) in [5.41, 5.74) is 5.49. The number of benzene rings is 1. The standard InChI is InChI=1S/C14H14N2O4/c1-14(2)9-10(14)12(18)16(11(9)17)8-4-3-6(15)5-7(8)13(19)20/h3-5,9-10H,15H2,1-2H3,(H,19,20). The molecule has 3 N–H and O–H groups in total. The summed E-state index contributed by atoms with van der Waals surface area (Å²) in [5, 5.41) is 9.20. The number of piperidine rings is 1. The lowest BCUT2D eigenvalue weighted by Gasteiger charge is -2.22. The first kappa shape index (κ1) is 12.7. The molecule has 2 fully saturated rings. The van der Waals surface area contributed by atoms with Gasteiger partial charge in [0, 0.05) is 5.69 Å². The topological polar surface area (TPSA) is 101 Å². The zero-order chi connectivity index (χ0) is 14.8. The highest BCUT2D eigenvalue weighted by molar-refractivity contribution is 6.27. The first-order valence-electron chi connectivity index (χ1n) is 6.27. The van der Waals surface area contributed by atoms with Gasteiger partial charge in [0.05, 0.1) is 23.1 Å². The summed E-state index contributed by atoms with van der Waals surface area (Å²) in [6, 6.07) is 4.15. The average Bonchev–Trinajstić information content (AvgIpc) is 2.81. The molecule has 20 heavy (non-hydrogen) atoms. The monoisotopic (exact) mass is 274 g/mol. The molecule has 0 bridgehead atoms. The molecule has 2 atom stereocenters. The molecule has 3 rings (SSSR count). The minimum atomic E-state index is -1.22. The number of fused-ring (bicyclic) bond motifs is 1. The molecule has 1 aromatic carbocycles. The highest BCUT2D eigenvalue weighted by atomic mass is 16.4. The zero-order valence-corrected chi connectivity index (χ0v) is 11.1. The minimum Gasteiger partial charge on any atom is -0.478 e. The number of rotatable bonds is 2. The maximum Gasteiger partial charge on any atom is 0.337 e. The van der Waals surface area contributed by atoms with Crippen LogP contribution in [0.4, 0.5) is 11.4 Å². The predicted molar refractivity (Wildman–Crippen MR) is 71.1 cm³/mol. The minimum absolute atomic E-state index is 0.102. The van der Waals surface area contributed by atoms with Gasteiger partial charge < -0.3 is 10.8 Å². The number of nitrogen functional groups attached to an aromatic ring is 1. The molecule has 1 aliphatic heterocycles. The van der Waals surface area contributed by atoms with Crippen molar-refractivity contribution in [2.24, 2.45) is 17.3 Å². The SMILES string of the molecule is CC1(C)C2C(=O)N(c3ccc(N)cc3C(=O)O)C(=O)C21. The van der Waals surface area contributed by atoms with Crippen molar-refractivity contribution in [1.82, 2.24) is 0 Å². The molecule has 1 saturated heterocycles. The third-order valence-corrected chi connectivity index (χ3v) is 4.29. The molecule has 6 nitrogen and oxygen atoms in total. The van der Waals surface area contributed by atoms with Crippen LogP contribution in [0.1, 0.15) is 24.2 Å². The van der Waals surface area contributed by atoms with Crippen LogP contribution in [0.3, 0.4) is 0 Å². The lowest BCUT2D eigenvalue weighted by atomic mass is 10.0. The van der Waals surface area contributed by atoms with Crippen molar-refractivity contribution in [3.8, 4) is 0 Å². The van der Waals surface area contributed by atoms with Crippen molar-refractivity contribution in [3.63, 3.8) is 0 Å². The summed E-state index contributed by atoms with van der Waals surface area (Å²) in [6.45, 7) is 3.74. The second-order valence-corrected chi connectivity index (χ2v) is 5.87. The Hall–Kier alpha value is -2.37. The number of carboxylic acids is 1. The van der Waals surface area contributed by atoms with Crippen molar-refractivity contribution in [2.75, 3.05) is 10.6 Å². The average molecular weight is 274 g/mol. The van der Waals surface area contributed by atoms with Crippen molar-refractivity contribution in [2.45, 2.75) is 13.8 Å². The van der Waals surface area contributed by atoms with Crippen LogP contribution in [-0.4, -0.2) is 22.9 Å². The fourth-order valence-corrected chi connectivity index (χ4v) is 3.10. The Balaban J connectivity index is 2.06. The number of carbonyl (C=O) groups is 3. The van der Waals surface area contributed by atoms with Gasteiger partial charge in [-0.2, -0.15) is 0 Å². The molecule has 2 unspecified atom stereocenters. The predicted octanol–water partition coefficient (Wildman–Crippen LogP) is 1.11. The molecule has 0 radical (unpaired) electrons. The maximum absolute atomic E-state index is 12.3. The van der Waals surface area contributed by atoms with E-state index in [1.165, 1.54) is 18.2 Å². The van der Waals surface area contributed by atoms with Crippen LogP contribution in [0.15, 0.2) is 18.2 Å². The molecule has 1 aromatic rings. The van der Waals surface area contributed by atoms with E-state index in [9.17, 15) is 19.5 Å². The molecule has 2 aliphatic rings. The molecule has 0 aromatic heterocycles. The quantitative estimate of drug-likeness (QED) is 0.621. The van der Waals surface area contributed by atoms with E-state index in [1.807, 2.05) is 13.8 Å². The summed E-state index contributed by atoms with van der Waals surface area (Å²) < 4.78 is 0. The van der Waals surface area contributed by atoms with E-state index in [2.05, 4.69) is 0 Å². The Morgan fingerprint density at radius 1 is 1.25 bits per heavy atom. The molecule has 104 valence electrons. The number of carbonyl (C=O) groups excluding carboxylic acids is 2. The van der Waals surface area contributed by atoms with Crippen molar-refractivity contribution in [1.29, 1.82) is 0 Å². The second kappa shape index (κ2) is 3.59. The number of aromatic carboxylic acids is 1. The second-order valence-electron chi connectivity index (χ2n) is 5.87. The van der Waals surface area contributed by atoms with Gasteiger partial charge in [-0.1, -0.05) is 13.8 Å². The van der Waals surface area contributed by atoms with Gasteiger partial charge in [-0.05, 0) is 23.6 Å². The Bertz CT molecular complexity index is 641. The number of carboxylic acid groups (broad SMARTS) is 1. The number of hydrogen-bond donors (Lipinski definition) is 2. The molecule has 1 heterocycles. The van der Waals surface area contributed by atoms with E-state index >= 15 is 0 Å². The molecular formula is C14H14N2O4. The first-order valence-corrected chi connectivity index (χ1v) is 6.27. The third-order valence-electron chi connectivity index (χ3n) is 4.29. The number of amides is 2. The fourth-order valence-electron chi connectivity index (χ4n) is 3.10. The zero-order valence-electron chi connectivity index (χ0n) is 11.1. The number of nitrogens with two attached hydrogens (primary N) is 1. The molecule has 0 spiro atoms. The van der Waals surface area contributed by atoms with Crippen molar-refractivity contribution in [3.05, 3.63) is 23.8 Å². The summed E-state index contributed by atoms with van der Waals surface area (Å²) in [5.74, 6) is -2.54. The van der Waals surface area contributed by atoms with Crippen LogP contribution in [0, 0.1) is 17.3 Å². The molecular weight excluding hydrogens is 260 g/mol. The van der Waals surface area contributed by atoms with Crippen LogP contribution >= 0.6 is 0 Å². The van der Waals surface area contributed by atoms with Crippen LogP contribution in [-0.2, 0) is 9.59 Å². The van der Waals surface area contributed by atoms with Crippen LogP contribution in [0.2, 0.25) is 0 Å². The maximum atomic E-state index is 12.3. The highest BCUT2D eigenvalue weighted by Gasteiger charge is 2.72. The largest absolute Gasteiger partial charge is 0.478 e. The first-order chi connectivity index (χ1) is 9.26. The van der Waals surface area contributed by atoms with E-state index in [-0.39, 0.29) is 46.0 Å². The highest BCUT2D eigenvalue weighted by Crippen LogP contribution is 2.63. The van der Waals surface area contributed by atoms with Crippen LogP contribution < -0.4 is 10.6 Å². The van der Waals surface area contributed by atoms with Crippen LogP contribution in [0.25, 0.3) is 0 Å². The van der Waals surface area contributed by atoms with Gasteiger partial charge >= 0.3 is 5.97 Å². The Morgan fingerprint density at radius 3 is 2.30 bits per heavy atom. The van der Waals surface area contributed by atoms with Gasteiger partial charge in [-0.25, -0.2) is 9.69 Å². The Morgan fingerprint density at radius 2 is 1.80 bits per heavy atom. The van der Waals surface area contributed by atoms with E-state index in [1.54, 1.807) is 0 Å². The summed E-state index contributed by atoms with van der Waals surface area (Å²) >= 11 is 0. The molecule has 6 heteroatoms. The molecule has 2 amide bonds.